The normalized spacial score (nSPS) is 10.8. The van der Waals surface area contributed by atoms with Crippen molar-refractivity contribution in [2.75, 3.05) is 6.61 Å². The second kappa shape index (κ2) is 7.23. The summed E-state index contributed by atoms with van der Waals surface area (Å²) in [5, 5.41) is 0. The summed E-state index contributed by atoms with van der Waals surface area (Å²) in [4.78, 5) is 8.45. The van der Waals surface area contributed by atoms with Gasteiger partial charge in [0.2, 0.25) is 0 Å². The maximum Gasteiger partial charge on any atom is 0.127 e. The van der Waals surface area contributed by atoms with Crippen LogP contribution in [-0.4, -0.2) is 21.1 Å². The van der Waals surface area contributed by atoms with Gasteiger partial charge in [-0.1, -0.05) is 0 Å². The Balaban J connectivity index is 1.33. The molecule has 2 aromatic heterocycles. The van der Waals surface area contributed by atoms with E-state index in [0.29, 0.717) is 24.7 Å². The maximum atomic E-state index is 12.9. The third kappa shape index (κ3) is 3.64. The van der Waals surface area contributed by atoms with Gasteiger partial charge in [-0.05, 0) is 54.6 Å². The lowest BCUT2D eigenvalue weighted by Crippen LogP contribution is -2.07. The fraction of sp³-hybridized carbons (Fsp3) is 0.100. The highest BCUT2D eigenvalue weighted by atomic mass is 19.1. The first kappa shape index (κ1) is 16.1. The summed E-state index contributed by atoms with van der Waals surface area (Å²) in [6, 6.07) is 15.1. The zero-order valence-electron chi connectivity index (χ0n) is 13.9. The largest absolute Gasteiger partial charge is 0.492 e. The predicted octanol–water partition coefficient (Wildman–Crippen LogP) is 4.44. The number of rotatable bonds is 6. The van der Waals surface area contributed by atoms with E-state index in [9.17, 15) is 4.39 Å². The van der Waals surface area contributed by atoms with Crippen LogP contribution in [0.3, 0.4) is 0 Å². The molecule has 5 nitrogen and oxygen atoms in total. The molecule has 0 saturated heterocycles. The number of nitrogens with zero attached hydrogens (tertiary/aromatic N) is 3. The van der Waals surface area contributed by atoms with Crippen LogP contribution in [0.1, 0.15) is 0 Å². The topological polar surface area (TPSA) is 49.2 Å². The Labute approximate surface area is 149 Å². The second-order valence-electron chi connectivity index (χ2n) is 5.68. The predicted molar refractivity (Wildman–Crippen MR) is 95.9 cm³/mol. The molecule has 6 heteroatoms. The molecule has 0 aliphatic carbocycles. The first-order valence-corrected chi connectivity index (χ1v) is 8.19. The van der Waals surface area contributed by atoms with Crippen LogP contribution in [0.25, 0.3) is 11.0 Å². The molecule has 0 N–H and O–H groups in total. The average molecular weight is 349 g/mol. The van der Waals surface area contributed by atoms with E-state index >= 15 is 0 Å². The number of fused-ring (bicyclic) bond motifs is 1. The fourth-order valence-electron chi connectivity index (χ4n) is 2.59. The summed E-state index contributed by atoms with van der Waals surface area (Å²) < 4.78 is 26.3. The van der Waals surface area contributed by atoms with Crippen LogP contribution < -0.4 is 9.47 Å². The van der Waals surface area contributed by atoms with Gasteiger partial charge in [-0.3, -0.25) is 4.98 Å². The monoisotopic (exact) mass is 349 g/mol. The molecule has 0 radical (unpaired) electrons. The van der Waals surface area contributed by atoms with E-state index in [4.69, 9.17) is 9.47 Å². The van der Waals surface area contributed by atoms with E-state index in [0.717, 1.165) is 16.8 Å². The molecule has 0 aliphatic heterocycles. The standard InChI is InChI=1S/C20H16FN3O2/c21-15-1-3-17(4-2-15)26-18-7-5-16(6-8-18)25-12-11-24-14-23-19-9-10-22-13-20(19)24/h1-10,13-14H,11-12H2. The molecule has 26 heavy (non-hydrogen) atoms. The van der Waals surface area contributed by atoms with Crippen LogP contribution in [-0.2, 0) is 6.54 Å². The second-order valence-corrected chi connectivity index (χ2v) is 5.68. The van der Waals surface area contributed by atoms with Gasteiger partial charge in [-0.2, -0.15) is 0 Å². The molecule has 0 bridgehead atoms. The minimum absolute atomic E-state index is 0.289. The summed E-state index contributed by atoms with van der Waals surface area (Å²) in [5.74, 6) is 1.71. The third-order valence-electron chi connectivity index (χ3n) is 3.90. The summed E-state index contributed by atoms with van der Waals surface area (Å²) in [6.07, 6.45) is 5.31. The van der Waals surface area contributed by atoms with Crippen molar-refractivity contribution in [1.29, 1.82) is 0 Å². The van der Waals surface area contributed by atoms with Crippen LogP contribution in [0.15, 0.2) is 73.3 Å². The van der Waals surface area contributed by atoms with Gasteiger partial charge in [0.05, 0.1) is 30.1 Å². The van der Waals surface area contributed by atoms with E-state index in [-0.39, 0.29) is 5.82 Å². The quantitative estimate of drug-likeness (QED) is 0.516. The smallest absolute Gasteiger partial charge is 0.127 e. The van der Waals surface area contributed by atoms with E-state index in [1.807, 2.05) is 34.9 Å². The first-order valence-electron chi connectivity index (χ1n) is 8.19. The van der Waals surface area contributed by atoms with E-state index in [2.05, 4.69) is 9.97 Å². The van der Waals surface area contributed by atoms with Crippen LogP contribution in [0.4, 0.5) is 4.39 Å². The van der Waals surface area contributed by atoms with Gasteiger partial charge in [0.25, 0.3) is 0 Å². The van der Waals surface area contributed by atoms with Crippen molar-refractivity contribution in [1.82, 2.24) is 14.5 Å². The highest BCUT2D eigenvalue weighted by Gasteiger charge is 2.03. The van der Waals surface area contributed by atoms with E-state index in [1.165, 1.54) is 12.1 Å². The van der Waals surface area contributed by atoms with Crippen LogP contribution in [0, 0.1) is 5.82 Å². The molecule has 2 aromatic carbocycles. The van der Waals surface area contributed by atoms with Gasteiger partial charge in [0.1, 0.15) is 29.7 Å². The van der Waals surface area contributed by atoms with Gasteiger partial charge < -0.3 is 14.0 Å². The van der Waals surface area contributed by atoms with E-state index in [1.54, 1.807) is 30.9 Å². The minimum atomic E-state index is -0.289. The summed E-state index contributed by atoms with van der Waals surface area (Å²) in [6.45, 7) is 1.19. The molecule has 130 valence electrons. The molecule has 4 aromatic rings. The molecule has 0 atom stereocenters. The number of pyridine rings is 1. The molecule has 4 rings (SSSR count). The summed E-state index contributed by atoms with van der Waals surface area (Å²) >= 11 is 0. The Morgan fingerprint density at radius 3 is 2.35 bits per heavy atom. The maximum absolute atomic E-state index is 12.9. The number of halogens is 1. The molecule has 0 spiro atoms. The number of hydrogen-bond donors (Lipinski definition) is 0. The summed E-state index contributed by atoms with van der Waals surface area (Å²) in [5.41, 5.74) is 1.90. The van der Waals surface area contributed by atoms with Crippen LogP contribution in [0.2, 0.25) is 0 Å². The van der Waals surface area contributed by atoms with Crippen molar-refractivity contribution in [2.45, 2.75) is 6.54 Å². The number of imidazole rings is 1. The third-order valence-corrected chi connectivity index (χ3v) is 3.90. The molecular formula is C20H16FN3O2. The Hall–Kier alpha value is -3.41. The van der Waals surface area contributed by atoms with Crippen molar-refractivity contribution in [3.05, 3.63) is 79.1 Å². The molecule has 0 aliphatic rings. The molecule has 0 saturated carbocycles. The Morgan fingerprint density at radius 1 is 0.885 bits per heavy atom. The fourth-order valence-corrected chi connectivity index (χ4v) is 2.59. The Kier molecular flexibility index (Phi) is 4.47. The highest BCUT2D eigenvalue weighted by molar-refractivity contribution is 5.73. The Morgan fingerprint density at radius 2 is 1.58 bits per heavy atom. The van der Waals surface area contributed by atoms with Crippen molar-refractivity contribution in [3.8, 4) is 17.2 Å². The van der Waals surface area contributed by atoms with Crippen molar-refractivity contribution < 1.29 is 13.9 Å². The van der Waals surface area contributed by atoms with Crippen molar-refractivity contribution in [2.24, 2.45) is 0 Å². The first-order chi connectivity index (χ1) is 12.8. The molecule has 0 unspecified atom stereocenters. The van der Waals surface area contributed by atoms with Crippen LogP contribution in [0.5, 0.6) is 17.2 Å². The zero-order chi connectivity index (χ0) is 17.8. The van der Waals surface area contributed by atoms with Gasteiger partial charge in [-0.15, -0.1) is 0 Å². The van der Waals surface area contributed by atoms with Gasteiger partial charge >= 0.3 is 0 Å². The molecular weight excluding hydrogens is 333 g/mol. The lowest BCUT2D eigenvalue weighted by molar-refractivity contribution is 0.299. The van der Waals surface area contributed by atoms with Crippen LogP contribution >= 0.6 is 0 Å². The van der Waals surface area contributed by atoms with Crippen molar-refractivity contribution >= 4 is 11.0 Å². The number of hydrogen-bond acceptors (Lipinski definition) is 4. The van der Waals surface area contributed by atoms with E-state index < -0.39 is 0 Å². The highest BCUT2D eigenvalue weighted by Crippen LogP contribution is 2.24. The Bertz CT molecular complexity index is 998. The SMILES string of the molecule is Fc1ccc(Oc2ccc(OCCn3cnc4ccncc43)cc2)cc1. The molecule has 0 amide bonds. The minimum Gasteiger partial charge on any atom is -0.492 e. The van der Waals surface area contributed by atoms with Crippen molar-refractivity contribution in [3.63, 3.8) is 0 Å². The van der Waals surface area contributed by atoms with Gasteiger partial charge in [0.15, 0.2) is 0 Å². The lowest BCUT2D eigenvalue weighted by atomic mass is 10.3. The number of benzene rings is 2. The summed E-state index contributed by atoms with van der Waals surface area (Å²) in [7, 11) is 0. The molecule has 0 fully saturated rings. The number of aromatic nitrogens is 3. The van der Waals surface area contributed by atoms with Gasteiger partial charge in [0, 0.05) is 6.20 Å². The van der Waals surface area contributed by atoms with Gasteiger partial charge in [-0.25, -0.2) is 9.37 Å². The average Bonchev–Trinajstić information content (AvgIpc) is 3.08. The zero-order valence-corrected chi connectivity index (χ0v) is 13.9. The number of ether oxygens (including phenoxy) is 2. The molecule has 2 heterocycles. The lowest BCUT2D eigenvalue weighted by Gasteiger charge is -2.09.